The van der Waals surface area contributed by atoms with Crippen LogP contribution in [0.4, 0.5) is 9.93 Å². The molecule has 2 rings (SSSR count). The largest absolute Gasteiger partial charge is 0.480 e. The van der Waals surface area contributed by atoms with Crippen LogP contribution in [0.15, 0.2) is 0 Å². The summed E-state index contributed by atoms with van der Waals surface area (Å²) in [6, 6.07) is -1.66. The molecule has 0 aliphatic heterocycles. The molecule has 1 aliphatic rings. The molecule has 0 aromatic carbocycles. The summed E-state index contributed by atoms with van der Waals surface area (Å²) in [5.74, 6) is -1.14. The molecule has 7 nitrogen and oxygen atoms in total. The van der Waals surface area contributed by atoms with Gasteiger partial charge in [-0.05, 0) is 19.3 Å². The van der Waals surface area contributed by atoms with E-state index in [1.165, 1.54) is 23.3 Å². The third-order valence-electron chi connectivity index (χ3n) is 2.75. The van der Waals surface area contributed by atoms with E-state index in [2.05, 4.69) is 15.6 Å². The van der Waals surface area contributed by atoms with Crippen molar-refractivity contribution in [2.24, 2.45) is 0 Å². The highest BCUT2D eigenvalue weighted by atomic mass is 32.1. The summed E-state index contributed by atoms with van der Waals surface area (Å²) < 4.78 is 4.73. The fraction of sp³-hybridized carbons (Fsp3) is 0.545. The molecule has 0 saturated heterocycles. The van der Waals surface area contributed by atoms with Crippen molar-refractivity contribution >= 4 is 28.5 Å². The summed E-state index contributed by atoms with van der Waals surface area (Å²) in [6.07, 6.45) is 3.05. The first-order valence-electron chi connectivity index (χ1n) is 5.88. The summed E-state index contributed by atoms with van der Waals surface area (Å²) in [5, 5.41) is 14.3. The Labute approximate surface area is 114 Å². The molecule has 1 heterocycles. The van der Waals surface area contributed by atoms with Crippen LogP contribution in [-0.4, -0.2) is 41.8 Å². The molecule has 2 amide bonds. The number of amides is 2. The van der Waals surface area contributed by atoms with Gasteiger partial charge in [0.15, 0.2) is 11.2 Å². The average Bonchev–Trinajstić information content (AvgIpc) is 2.88. The van der Waals surface area contributed by atoms with Crippen molar-refractivity contribution in [2.45, 2.75) is 25.3 Å². The van der Waals surface area contributed by atoms with E-state index in [0.717, 1.165) is 25.0 Å². The van der Waals surface area contributed by atoms with E-state index in [1.54, 1.807) is 0 Å². The number of aryl methyl sites for hydroxylation is 2. The van der Waals surface area contributed by atoms with Crippen LogP contribution < -0.4 is 10.6 Å². The van der Waals surface area contributed by atoms with Gasteiger partial charge in [0.2, 0.25) is 0 Å². The Hall–Kier alpha value is -1.67. The first-order valence-corrected chi connectivity index (χ1v) is 6.69. The predicted octanol–water partition coefficient (Wildman–Crippen LogP) is 0.853. The van der Waals surface area contributed by atoms with Crippen LogP contribution in [0.25, 0.3) is 0 Å². The maximum atomic E-state index is 11.7. The van der Waals surface area contributed by atoms with Gasteiger partial charge in [0, 0.05) is 12.0 Å². The first-order chi connectivity index (χ1) is 9.10. The van der Waals surface area contributed by atoms with Gasteiger partial charge in [-0.1, -0.05) is 0 Å². The van der Waals surface area contributed by atoms with Crippen molar-refractivity contribution in [3.63, 3.8) is 0 Å². The number of aliphatic carboxylic acids is 1. The number of methoxy groups -OCH3 is 1. The van der Waals surface area contributed by atoms with E-state index in [9.17, 15) is 9.59 Å². The zero-order chi connectivity index (χ0) is 13.8. The number of fused-ring (bicyclic) bond motifs is 1. The lowest BCUT2D eigenvalue weighted by molar-refractivity contribution is -0.140. The molecular formula is C11H15N3O4S. The zero-order valence-corrected chi connectivity index (χ0v) is 11.2. The van der Waals surface area contributed by atoms with Gasteiger partial charge in [0.05, 0.1) is 12.3 Å². The molecule has 1 atom stereocenters. The van der Waals surface area contributed by atoms with Crippen molar-refractivity contribution in [2.75, 3.05) is 19.0 Å². The van der Waals surface area contributed by atoms with E-state index in [0.29, 0.717) is 5.13 Å². The Morgan fingerprint density at radius 2 is 2.32 bits per heavy atom. The molecule has 8 heteroatoms. The Morgan fingerprint density at radius 3 is 2.95 bits per heavy atom. The van der Waals surface area contributed by atoms with E-state index in [-0.39, 0.29) is 6.61 Å². The van der Waals surface area contributed by atoms with E-state index in [1.807, 2.05) is 0 Å². The lowest BCUT2D eigenvalue weighted by Gasteiger charge is -2.13. The van der Waals surface area contributed by atoms with Crippen molar-refractivity contribution < 1.29 is 19.4 Å². The zero-order valence-electron chi connectivity index (χ0n) is 10.4. The van der Waals surface area contributed by atoms with Gasteiger partial charge in [-0.3, -0.25) is 5.32 Å². The highest BCUT2D eigenvalue weighted by Crippen LogP contribution is 2.30. The molecule has 1 aliphatic carbocycles. The molecule has 0 radical (unpaired) electrons. The minimum Gasteiger partial charge on any atom is -0.480 e. The van der Waals surface area contributed by atoms with Crippen molar-refractivity contribution in [1.82, 2.24) is 10.3 Å². The Kier molecular flexibility index (Phi) is 4.33. The van der Waals surface area contributed by atoms with Crippen LogP contribution in [-0.2, 0) is 22.4 Å². The van der Waals surface area contributed by atoms with Crippen LogP contribution in [0, 0.1) is 0 Å². The Morgan fingerprint density at radius 1 is 1.53 bits per heavy atom. The molecule has 3 N–H and O–H groups in total. The first kappa shape index (κ1) is 13.8. The average molecular weight is 285 g/mol. The van der Waals surface area contributed by atoms with Gasteiger partial charge < -0.3 is 15.2 Å². The van der Waals surface area contributed by atoms with Crippen LogP contribution in [0.3, 0.4) is 0 Å². The van der Waals surface area contributed by atoms with Gasteiger partial charge in [-0.15, -0.1) is 11.3 Å². The van der Waals surface area contributed by atoms with Gasteiger partial charge >= 0.3 is 12.0 Å². The smallest absolute Gasteiger partial charge is 0.328 e. The maximum Gasteiger partial charge on any atom is 0.328 e. The second-order valence-corrected chi connectivity index (χ2v) is 5.27. The fourth-order valence-corrected chi connectivity index (χ4v) is 2.92. The molecule has 0 spiro atoms. The monoisotopic (exact) mass is 285 g/mol. The molecule has 1 unspecified atom stereocenters. The number of carbonyl (C=O) groups excluding carboxylic acids is 1. The number of hydrogen-bond acceptors (Lipinski definition) is 5. The second kappa shape index (κ2) is 5.98. The number of urea groups is 1. The lowest BCUT2D eigenvalue weighted by atomic mass is 10.3. The predicted molar refractivity (Wildman–Crippen MR) is 69.6 cm³/mol. The molecule has 1 aromatic heterocycles. The number of aromatic nitrogens is 1. The highest BCUT2D eigenvalue weighted by Gasteiger charge is 2.21. The summed E-state index contributed by atoms with van der Waals surface area (Å²) in [4.78, 5) is 28.0. The summed E-state index contributed by atoms with van der Waals surface area (Å²) in [7, 11) is 1.38. The standard InChI is InChI=1S/C11H15N3O4S/c1-18-5-7(9(15)16)12-10(17)14-11-13-6-3-2-4-8(6)19-11/h7H,2-5H2,1H3,(H,15,16)(H2,12,13,14,17). The van der Waals surface area contributed by atoms with Gasteiger partial charge in [-0.2, -0.15) is 0 Å². The molecule has 0 fully saturated rings. The minimum absolute atomic E-state index is 0.0862. The number of ether oxygens (including phenoxy) is 1. The Bertz CT molecular complexity index is 467. The molecule has 0 bridgehead atoms. The van der Waals surface area contributed by atoms with Crippen LogP contribution in [0.1, 0.15) is 17.0 Å². The van der Waals surface area contributed by atoms with Crippen LogP contribution in [0.2, 0.25) is 0 Å². The van der Waals surface area contributed by atoms with Crippen molar-refractivity contribution in [1.29, 1.82) is 0 Å². The molecule has 19 heavy (non-hydrogen) atoms. The van der Waals surface area contributed by atoms with Crippen molar-refractivity contribution in [3.8, 4) is 0 Å². The normalized spacial score (nSPS) is 14.8. The second-order valence-electron chi connectivity index (χ2n) is 4.19. The number of carboxylic acid groups (broad SMARTS) is 1. The van der Waals surface area contributed by atoms with E-state index >= 15 is 0 Å². The number of hydrogen-bond donors (Lipinski definition) is 3. The van der Waals surface area contributed by atoms with Crippen LogP contribution in [0.5, 0.6) is 0 Å². The minimum atomic E-state index is -1.14. The molecule has 0 saturated carbocycles. The number of carboxylic acids is 1. The van der Waals surface area contributed by atoms with Crippen LogP contribution >= 0.6 is 11.3 Å². The van der Waals surface area contributed by atoms with E-state index in [4.69, 9.17) is 9.84 Å². The maximum absolute atomic E-state index is 11.7. The highest BCUT2D eigenvalue weighted by molar-refractivity contribution is 7.15. The van der Waals surface area contributed by atoms with Gasteiger partial charge in [0.25, 0.3) is 0 Å². The molecular weight excluding hydrogens is 270 g/mol. The molecule has 104 valence electrons. The topological polar surface area (TPSA) is 101 Å². The lowest BCUT2D eigenvalue weighted by Crippen LogP contribution is -2.45. The number of carbonyl (C=O) groups is 2. The third kappa shape index (κ3) is 3.42. The Balaban J connectivity index is 1.91. The number of nitrogens with one attached hydrogen (secondary N) is 2. The number of anilines is 1. The van der Waals surface area contributed by atoms with E-state index < -0.39 is 18.0 Å². The fourth-order valence-electron chi connectivity index (χ4n) is 1.88. The van der Waals surface area contributed by atoms with Gasteiger partial charge in [-0.25, -0.2) is 14.6 Å². The number of thiazole rings is 1. The summed E-state index contributed by atoms with van der Waals surface area (Å²) >= 11 is 1.44. The van der Waals surface area contributed by atoms with Gasteiger partial charge in [0.1, 0.15) is 0 Å². The quantitative estimate of drug-likeness (QED) is 0.744. The summed E-state index contributed by atoms with van der Waals surface area (Å²) in [5.41, 5.74) is 1.03. The van der Waals surface area contributed by atoms with Crippen molar-refractivity contribution in [3.05, 3.63) is 10.6 Å². The SMILES string of the molecule is COCC(NC(=O)Nc1nc2c(s1)CCC2)C(=O)O. The summed E-state index contributed by atoms with van der Waals surface area (Å²) in [6.45, 7) is -0.0862. The number of nitrogens with zero attached hydrogens (tertiary/aromatic N) is 1. The molecule has 1 aromatic rings. The third-order valence-corrected chi connectivity index (χ3v) is 3.83. The number of rotatable bonds is 5.